The molecule has 0 spiro atoms. The SMILES string of the molecule is CC(C)(c1ccccc1)c1cccc(-n2nc3ccc(F)cc3n2)c1O. The molecule has 0 saturated heterocycles. The van der Waals surface area contributed by atoms with Crippen LogP contribution in [0.1, 0.15) is 25.0 Å². The minimum absolute atomic E-state index is 0.113. The van der Waals surface area contributed by atoms with Crippen LogP contribution in [0, 0.1) is 5.82 Å². The molecule has 4 rings (SSSR count). The summed E-state index contributed by atoms with van der Waals surface area (Å²) in [6, 6.07) is 19.8. The van der Waals surface area contributed by atoms with Gasteiger partial charge >= 0.3 is 0 Å². The molecule has 3 aromatic carbocycles. The first-order valence-electron chi connectivity index (χ1n) is 8.38. The zero-order valence-corrected chi connectivity index (χ0v) is 14.5. The van der Waals surface area contributed by atoms with Crippen LogP contribution in [0.15, 0.2) is 66.7 Å². The quantitative estimate of drug-likeness (QED) is 0.590. The van der Waals surface area contributed by atoms with E-state index < -0.39 is 5.41 Å². The molecule has 4 nitrogen and oxygen atoms in total. The lowest BCUT2D eigenvalue weighted by atomic mass is 9.77. The van der Waals surface area contributed by atoms with Crippen molar-refractivity contribution in [1.82, 2.24) is 15.0 Å². The Balaban J connectivity index is 1.85. The number of fused-ring (bicyclic) bond motifs is 1. The van der Waals surface area contributed by atoms with Crippen molar-refractivity contribution in [2.24, 2.45) is 0 Å². The van der Waals surface area contributed by atoms with Crippen LogP contribution in [0.5, 0.6) is 5.75 Å². The first-order chi connectivity index (χ1) is 12.5. The summed E-state index contributed by atoms with van der Waals surface area (Å²) in [6.07, 6.45) is 0. The first kappa shape index (κ1) is 16.3. The second-order valence-electron chi connectivity index (χ2n) is 6.79. The molecule has 5 heteroatoms. The van der Waals surface area contributed by atoms with E-state index in [0.717, 1.165) is 11.1 Å². The smallest absolute Gasteiger partial charge is 0.147 e. The number of benzene rings is 3. The van der Waals surface area contributed by atoms with E-state index >= 15 is 0 Å². The van der Waals surface area contributed by atoms with Crippen LogP contribution in [-0.2, 0) is 5.41 Å². The summed E-state index contributed by atoms with van der Waals surface area (Å²) < 4.78 is 13.4. The van der Waals surface area contributed by atoms with Gasteiger partial charge in [0.1, 0.15) is 28.3 Å². The van der Waals surface area contributed by atoms with Crippen molar-refractivity contribution >= 4 is 11.0 Å². The van der Waals surface area contributed by atoms with Crippen molar-refractivity contribution in [2.75, 3.05) is 0 Å². The van der Waals surface area contributed by atoms with E-state index in [1.165, 1.54) is 16.9 Å². The highest BCUT2D eigenvalue weighted by Gasteiger charge is 2.27. The van der Waals surface area contributed by atoms with Crippen molar-refractivity contribution < 1.29 is 9.50 Å². The van der Waals surface area contributed by atoms with Crippen molar-refractivity contribution in [1.29, 1.82) is 0 Å². The molecule has 1 aromatic heterocycles. The van der Waals surface area contributed by atoms with Gasteiger partial charge < -0.3 is 5.11 Å². The third kappa shape index (κ3) is 2.62. The van der Waals surface area contributed by atoms with Gasteiger partial charge in [-0.3, -0.25) is 0 Å². The maximum atomic E-state index is 13.4. The number of rotatable bonds is 3. The second-order valence-corrected chi connectivity index (χ2v) is 6.79. The van der Waals surface area contributed by atoms with Gasteiger partial charge in [0.25, 0.3) is 0 Å². The highest BCUT2D eigenvalue weighted by atomic mass is 19.1. The Labute approximate surface area is 150 Å². The topological polar surface area (TPSA) is 50.9 Å². The Morgan fingerprint density at radius 2 is 1.62 bits per heavy atom. The number of hydrogen-bond acceptors (Lipinski definition) is 3. The van der Waals surface area contributed by atoms with Crippen LogP contribution in [0.25, 0.3) is 16.7 Å². The molecular weight excluding hydrogens is 329 g/mol. The number of halogens is 1. The van der Waals surface area contributed by atoms with Crippen LogP contribution < -0.4 is 0 Å². The third-order valence-corrected chi connectivity index (χ3v) is 4.74. The fourth-order valence-corrected chi connectivity index (χ4v) is 3.20. The molecule has 0 saturated carbocycles. The van der Waals surface area contributed by atoms with E-state index in [1.807, 2.05) is 42.5 Å². The largest absolute Gasteiger partial charge is 0.505 e. The molecular formula is C21H18FN3O. The Bertz CT molecular complexity index is 1090. The van der Waals surface area contributed by atoms with E-state index in [4.69, 9.17) is 0 Å². The molecule has 0 aliphatic carbocycles. The van der Waals surface area contributed by atoms with Gasteiger partial charge in [-0.15, -0.1) is 15.0 Å². The van der Waals surface area contributed by atoms with Gasteiger partial charge in [0, 0.05) is 17.0 Å². The molecule has 0 unspecified atom stereocenters. The molecule has 26 heavy (non-hydrogen) atoms. The first-order valence-corrected chi connectivity index (χ1v) is 8.38. The van der Waals surface area contributed by atoms with E-state index in [9.17, 15) is 9.50 Å². The summed E-state index contributed by atoms with van der Waals surface area (Å²) >= 11 is 0. The molecule has 4 aromatic rings. The number of aromatic nitrogens is 3. The van der Waals surface area contributed by atoms with Crippen LogP contribution in [0.3, 0.4) is 0 Å². The van der Waals surface area contributed by atoms with Crippen molar-refractivity contribution in [3.63, 3.8) is 0 Å². The number of nitrogens with zero attached hydrogens (tertiary/aromatic N) is 3. The molecule has 0 aliphatic rings. The highest BCUT2D eigenvalue weighted by Crippen LogP contribution is 2.39. The third-order valence-electron chi connectivity index (χ3n) is 4.74. The molecule has 0 bridgehead atoms. The summed E-state index contributed by atoms with van der Waals surface area (Å²) in [5, 5.41) is 19.6. The summed E-state index contributed by atoms with van der Waals surface area (Å²) in [6.45, 7) is 4.12. The van der Waals surface area contributed by atoms with Crippen molar-refractivity contribution in [3.05, 3.63) is 83.7 Å². The molecule has 0 aliphatic heterocycles. The Kier molecular flexibility index (Phi) is 3.72. The summed E-state index contributed by atoms with van der Waals surface area (Å²) in [7, 11) is 0. The summed E-state index contributed by atoms with van der Waals surface area (Å²) in [4.78, 5) is 1.35. The number of phenols is 1. The Morgan fingerprint density at radius 3 is 2.38 bits per heavy atom. The summed E-state index contributed by atoms with van der Waals surface area (Å²) in [5.41, 5.74) is 2.93. The van der Waals surface area contributed by atoms with E-state index in [1.54, 1.807) is 12.1 Å². The fourth-order valence-electron chi connectivity index (χ4n) is 3.20. The molecule has 0 fully saturated rings. The molecule has 130 valence electrons. The van der Waals surface area contributed by atoms with Gasteiger partial charge in [-0.1, -0.05) is 56.3 Å². The number of phenolic OH excluding ortho intramolecular Hbond substituents is 1. The van der Waals surface area contributed by atoms with Gasteiger partial charge in [-0.25, -0.2) is 4.39 Å². The zero-order chi connectivity index (χ0) is 18.3. The van der Waals surface area contributed by atoms with Gasteiger partial charge in [0.05, 0.1) is 0 Å². The number of hydrogen-bond donors (Lipinski definition) is 1. The molecule has 0 atom stereocenters. The minimum Gasteiger partial charge on any atom is -0.505 e. The van der Waals surface area contributed by atoms with Crippen molar-refractivity contribution in [3.8, 4) is 11.4 Å². The van der Waals surface area contributed by atoms with Crippen molar-refractivity contribution in [2.45, 2.75) is 19.3 Å². The standard InChI is InChI=1S/C21H18FN3O/c1-21(2,14-7-4-3-5-8-14)16-9-6-10-19(20(16)26)25-23-17-12-11-15(22)13-18(17)24-25/h3-13,26H,1-2H3. The predicted octanol–water partition coefficient (Wildman–Crippen LogP) is 4.59. The average Bonchev–Trinajstić information content (AvgIpc) is 3.05. The maximum Gasteiger partial charge on any atom is 0.147 e. The van der Waals surface area contributed by atoms with Gasteiger partial charge in [-0.05, 0) is 23.8 Å². The molecule has 1 N–H and O–H groups in total. The molecule has 1 heterocycles. The fraction of sp³-hybridized carbons (Fsp3) is 0.143. The van der Waals surface area contributed by atoms with Crippen LogP contribution in [0.2, 0.25) is 0 Å². The highest BCUT2D eigenvalue weighted by molar-refractivity contribution is 5.74. The monoisotopic (exact) mass is 347 g/mol. The van der Waals surface area contributed by atoms with Gasteiger partial charge in [0.2, 0.25) is 0 Å². The van der Waals surface area contributed by atoms with Crippen LogP contribution in [-0.4, -0.2) is 20.1 Å². The molecule has 0 amide bonds. The average molecular weight is 347 g/mol. The second kappa shape index (κ2) is 5.95. The number of para-hydroxylation sites is 1. The predicted molar refractivity (Wildman–Crippen MR) is 99.1 cm³/mol. The lowest BCUT2D eigenvalue weighted by molar-refractivity contribution is 0.446. The Morgan fingerprint density at radius 1 is 0.885 bits per heavy atom. The van der Waals surface area contributed by atoms with E-state index in [0.29, 0.717) is 16.7 Å². The van der Waals surface area contributed by atoms with Gasteiger partial charge in [-0.2, -0.15) is 0 Å². The van der Waals surface area contributed by atoms with Crippen LogP contribution in [0.4, 0.5) is 4.39 Å². The lowest BCUT2D eigenvalue weighted by Gasteiger charge is -2.27. The van der Waals surface area contributed by atoms with Crippen LogP contribution >= 0.6 is 0 Å². The minimum atomic E-state index is -0.403. The normalized spacial score (nSPS) is 11.8. The van der Waals surface area contributed by atoms with E-state index in [-0.39, 0.29) is 11.6 Å². The summed E-state index contributed by atoms with van der Waals surface area (Å²) in [5.74, 6) is -0.255. The number of aromatic hydroxyl groups is 1. The van der Waals surface area contributed by atoms with Gasteiger partial charge in [0.15, 0.2) is 0 Å². The zero-order valence-electron chi connectivity index (χ0n) is 14.5. The lowest BCUT2D eigenvalue weighted by Crippen LogP contribution is -2.19. The maximum absolute atomic E-state index is 13.4. The Hall–Kier alpha value is -3.21. The van der Waals surface area contributed by atoms with E-state index in [2.05, 4.69) is 24.0 Å². The molecule has 0 radical (unpaired) electrons.